The average Bonchev–Trinajstić information content (AvgIpc) is 3.35. The van der Waals surface area contributed by atoms with E-state index in [1.807, 2.05) is 43.3 Å². The van der Waals surface area contributed by atoms with Gasteiger partial charge in [-0.1, -0.05) is 42.5 Å². The number of carbonyl (C=O) groups excluding carboxylic acids is 3. The van der Waals surface area contributed by atoms with E-state index in [0.717, 1.165) is 5.56 Å². The first-order valence-corrected chi connectivity index (χ1v) is 10.6. The summed E-state index contributed by atoms with van der Waals surface area (Å²) in [6.45, 7) is 2.28. The first-order chi connectivity index (χ1) is 15.5. The van der Waals surface area contributed by atoms with E-state index in [0.29, 0.717) is 36.3 Å². The maximum atomic E-state index is 13.3. The molecule has 2 aliphatic rings. The summed E-state index contributed by atoms with van der Waals surface area (Å²) in [5.74, 6) is -0.624. The van der Waals surface area contributed by atoms with E-state index < -0.39 is 5.66 Å². The second-order valence-electron chi connectivity index (χ2n) is 8.31. The van der Waals surface area contributed by atoms with Crippen LogP contribution in [0.4, 0.5) is 11.4 Å². The van der Waals surface area contributed by atoms with E-state index in [1.165, 1.54) is 4.90 Å². The normalized spacial score (nSPS) is 19.7. The quantitative estimate of drug-likeness (QED) is 0.676. The van der Waals surface area contributed by atoms with Gasteiger partial charge in [-0.15, -0.1) is 0 Å². The SMILES string of the molecule is CC12CCC(=O)N1c1ccccc1C(=O)N2CC(=O)Nc1cnn(Cc2ccccc2)c1. The lowest BCUT2D eigenvalue weighted by molar-refractivity contribution is -0.120. The number of aromatic nitrogens is 2. The molecule has 0 saturated carbocycles. The van der Waals surface area contributed by atoms with Crippen LogP contribution in [0, 0.1) is 0 Å². The van der Waals surface area contributed by atoms with Crippen LogP contribution in [0.5, 0.6) is 0 Å². The minimum atomic E-state index is -0.864. The lowest BCUT2D eigenvalue weighted by Gasteiger charge is -2.48. The minimum absolute atomic E-state index is 0.0416. The fourth-order valence-corrected chi connectivity index (χ4v) is 4.57. The van der Waals surface area contributed by atoms with Crippen molar-refractivity contribution in [2.75, 3.05) is 16.8 Å². The van der Waals surface area contributed by atoms with E-state index in [-0.39, 0.29) is 24.3 Å². The van der Waals surface area contributed by atoms with Gasteiger partial charge >= 0.3 is 0 Å². The molecule has 1 unspecified atom stereocenters. The van der Waals surface area contributed by atoms with Crippen molar-refractivity contribution in [3.63, 3.8) is 0 Å². The van der Waals surface area contributed by atoms with Crippen molar-refractivity contribution in [1.82, 2.24) is 14.7 Å². The third-order valence-electron chi connectivity index (χ3n) is 6.15. The van der Waals surface area contributed by atoms with Gasteiger partial charge in [-0.05, 0) is 31.0 Å². The molecule has 2 aromatic carbocycles. The molecule has 8 heteroatoms. The number of carbonyl (C=O) groups is 3. The molecular formula is C24H23N5O3. The smallest absolute Gasteiger partial charge is 0.258 e. The fourth-order valence-electron chi connectivity index (χ4n) is 4.57. The Kier molecular flexibility index (Phi) is 4.77. The van der Waals surface area contributed by atoms with Crippen LogP contribution in [0.1, 0.15) is 35.7 Å². The summed E-state index contributed by atoms with van der Waals surface area (Å²) in [6, 6.07) is 17.0. The predicted octanol–water partition coefficient (Wildman–Crippen LogP) is 2.87. The molecule has 5 rings (SSSR count). The van der Waals surface area contributed by atoms with Crippen LogP contribution < -0.4 is 10.2 Å². The molecule has 3 amide bonds. The third kappa shape index (κ3) is 3.33. The molecule has 3 aromatic rings. The lowest BCUT2D eigenvalue weighted by atomic mass is 9.98. The van der Waals surface area contributed by atoms with Crippen LogP contribution in [0.25, 0.3) is 0 Å². The molecule has 1 atom stereocenters. The summed E-state index contributed by atoms with van der Waals surface area (Å²) < 4.78 is 1.74. The first kappa shape index (κ1) is 20.0. The second-order valence-corrected chi connectivity index (χ2v) is 8.31. The van der Waals surface area contributed by atoms with Gasteiger partial charge in [-0.3, -0.25) is 24.0 Å². The van der Waals surface area contributed by atoms with Crippen LogP contribution in [0.15, 0.2) is 67.0 Å². The minimum Gasteiger partial charge on any atom is -0.322 e. The van der Waals surface area contributed by atoms with Gasteiger partial charge in [0.1, 0.15) is 12.2 Å². The fraction of sp³-hybridized carbons (Fsp3) is 0.250. The molecule has 1 fully saturated rings. The lowest BCUT2D eigenvalue weighted by Crippen LogP contribution is -2.63. The van der Waals surface area contributed by atoms with Crippen LogP contribution in [0.2, 0.25) is 0 Å². The zero-order chi connectivity index (χ0) is 22.3. The van der Waals surface area contributed by atoms with E-state index in [9.17, 15) is 14.4 Å². The number of hydrogen-bond acceptors (Lipinski definition) is 4. The Balaban J connectivity index is 1.33. The van der Waals surface area contributed by atoms with Gasteiger partial charge in [0, 0.05) is 12.6 Å². The number of hydrogen-bond donors (Lipinski definition) is 1. The average molecular weight is 429 g/mol. The molecule has 8 nitrogen and oxygen atoms in total. The van der Waals surface area contributed by atoms with Crippen LogP contribution in [-0.4, -0.2) is 44.6 Å². The Labute approximate surface area is 185 Å². The number of nitrogens with zero attached hydrogens (tertiary/aromatic N) is 4. The molecular weight excluding hydrogens is 406 g/mol. The molecule has 162 valence electrons. The van der Waals surface area contributed by atoms with Gasteiger partial charge in [0.05, 0.1) is 29.7 Å². The Hall–Kier alpha value is -3.94. The summed E-state index contributed by atoms with van der Waals surface area (Å²) in [4.78, 5) is 41.9. The standard InChI is InChI=1S/C24H23N5O3/c1-24-12-11-22(31)29(24)20-10-6-5-9-19(20)23(32)28(24)16-21(30)26-18-13-25-27(15-18)14-17-7-3-2-4-8-17/h2-10,13,15H,11-12,14,16H2,1H3,(H,26,30). The van der Waals surface area contributed by atoms with Crippen LogP contribution in [0.3, 0.4) is 0 Å². The molecule has 1 saturated heterocycles. The summed E-state index contributed by atoms with van der Waals surface area (Å²) in [6.07, 6.45) is 4.16. The zero-order valence-corrected chi connectivity index (χ0v) is 17.7. The predicted molar refractivity (Wildman–Crippen MR) is 119 cm³/mol. The molecule has 1 N–H and O–H groups in total. The number of anilines is 2. The summed E-state index contributed by atoms with van der Waals surface area (Å²) in [5, 5.41) is 7.13. The summed E-state index contributed by atoms with van der Waals surface area (Å²) in [7, 11) is 0. The van der Waals surface area contributed by atoms with Crippen molar-refractivity contribution in [2.45, 2.75) is 32.0 Å². The van der Waals surface area contributed by atoms with Gasteiger partial charge in [0.15, 0.2) is 0 Å². The molecule has 2 aliphatic heterocycles. The van der Waals surface area contributed by atoms with Crippen LogP contribution in [-0.2, 0) is 16.1 Å². The number of nitrogens with one attached hydrogen (secondary N) is 1. The highest BCUT2D eigenvalue weighted by Crippen LogP contribution is 2.43. The number of benzene rings is 2. The van der Waals surface area contributed by atoms with Crippen LogP contribution >= 0.6 is 0 Å². The molecule has 1 aromatic heterocycles. The molecule has 0 bridgehead atoms. The monoisotopic (exact) mass is 429 g/mol. The summed E-state index contributed by atoms with van der Waals surface area (Å²) >= 11 is 0. The molecule has 0 spiro atoms. The van der Waals surface area contributed by atoms with Crippen molar-refractivity contribution < 1.29 is 14.4 Å². The maximum absolute atomic E-state index is 13.3. The van der Waals surface area contributed by atoms with Crippen molar-refractivity contribution in [3.8, 4) is 0 Å². The van der Waals surface area contributed by atoms with E-state index in [1.54, 1.807) is 40.2 Å². The Morgan fingerprint density at radius 3 is 2.66 bits per heavy atom. The van der Waals surface area contributed by atoms with E-state index in [2.05, 4.69) is 10.4 Å². The van der Waals surface area contributed by atoms with Gasteiger partial charge in [0.2, 0.25) is 11.8 Å². The Bertz CT molecular complexity index is 1210. The molecule has 0 radical (unpaired) electrons. The highest BCUT2D eigenvalue weighted by atomic mass is 16.2. The van der Waals surface area contributed by atoms with Gasteiger partial charge in [0.25, 0.3) is 5.91 Å². The number of rotatable bonds is 5. The molecule has 3 heterocycles. The van der Waals surface area contributed by atoms with Crippen molar-refractivity contribution in [1.29, 1.82) is 0 Å². The van der Waals surface area contributed by atoms with Gasteiger partial charge in [-0.25, -0.2) is 0 Å². The number of para-hydroxylation sites is 1. The molecule has 32 heavy (non-hydrogen) atoms. The number of fused-ring (bicyclic) bond motifs is 3. The van der Waals surface area contributed by atoms with E-state index >= 15 is 0 Å². The second kappa shape index (κ2) is 7.64. The first-order valence-electron chi connectivity index (χ1n) is 10.6. The Morgan fingerprint density at radius 2 is 1.84 bits per heavy atom. The third-order valence-corrected chi connectivity index (χ3v) is 6.15. The van der Waals surface area contributed by atoms with Crippen molar-refractivity contribution >= 4 is 29.1 Å². The number of amides is 3. The van der Waals surface area contributed by atoms with Crippen molar-refractivity contribution in [2.24, 2.45) is 0 Å². The van der Waals surface area contributed by atoms with Crippen molar-refractivity contribution in [3.05, 3.63) is 78.1 Å². The maximum Gasteiger partial charge on any atom is 0.258 e. The topological polar surface area (TPSA) is 87.5 Å². The zero-order valence-electron chi connectivity index (χ0n) is 17.7. The van der Waals surface area contributed by atoms with E-state index in [4.69, 9.17) is 0 Å². The molecule has 0 aliphatic carbocycles. The highest BCUT2D eigenvalue weighted by Gasteiger charge is 2.53. The largest absolute Gasteiger partial charge is 0.322 e. The van der Waals surface area contributed by atoms with Gasteiger partial charge < -0.3 is 10.2 Å². The highest BCUT2D eigenvalue weighted by molar-refractivity contribution is 6.11. The summed E-state index contributed by atoms with van der Waals surface area (Å²) in [5.41, 5.74) is 1.84. The Morgan fingerprint density at radius 1 is 1.09 bits per heavy atom. The van der Waals surface area contributed by atoms with Gasteiger partial charge in [-0.2, -0.15) is 5.10 Å².